The van der Waals surface area contributed by atoms with Crippen LogP contribution in [0.5, 0.6) is 0 Å². The third-order valence-electron chi connectivity index (χ3n) is 4.12. The molecule has 0 aliphatic carbocycles. The number of nitrogens with zero attached hydrogens (tertiary/aromatic N) is 2. The summed E-state index contributed by atoms with van der Waals surface area (Å²) in [5.74, 6) is 0.0809. The van der Waals surface area contributed by atoms with Crippen LogP contribution in [0.3, 0.4) is 0 Å². The Balaban J connectivity index is 1.88. The van der Waals surface area contributed by atoms with Gasteiger partial charge in [-0.05, 0) is 61.2 Å². The molecular formula is C17H19N3O. The van der Waals surface area contributed by atoms with Gasteiger partial charge in [-0.25, -0.2) is 0 Å². The number of rotatable bonds is 2. The molecule has 2 N–H and O–H groups in total. The van der Waals surface area contributed by atoms with Gasteiger partial charge in [0.15, 0.2) is 0 Å². The largest absolute Gasteiger partial charge is 0.399 e. The Morgan fingerprint density at radius 1 is 1.29 bits per heavy atom. The van der Waals surface area contributed by atoms with Crippen molar-refractivity contribution in [1.29, 1.82) is 0 Å². The summed E-state index contributed by atoms with van der Waals surface area (Å²) in [5, 5.41) is 0. The molecule has 0 saturated carbocycles. The maximum Gasteiger partial charge on any atom is 0.254 e. The van der Waals surface area contributed by atoms with Crippen molar-refractivity contribution >= 4 is 11.6 Å². The molecule has 4 heteroatoms. The molecule has 4 nitrogen and oxygen atoms in total. The average Bonchev–Trinajstić information content (AvgIpc) is 2.99. The van der Waals surface area contributed by atoms with Gasteiger partial charge in [0, 0.05) is 30.2 Å². The molecule has 2 heterocycles. The molecule has 1 aliphatic heterocycles. The summed E-state index contributed by atoms with van der Waals surface area (Å²) >= 11 is 0. The number of nitrogen functional groups attached to an aromatic ring is 1. The highest BCUT2D eigenvalue weighted by molar-refractivity contribution is 5.95. The van der Waals surface area contributed by atoms with Crippen molar-refractivity contribution in [2.75, 3.05) is 12.3 Å². The Kier molecular flexibility index (Phi) is 3.60. The number of carbonyl (C=O) groups is 1. The van der Waals surface area contributed by atoms with Crippen LogP contribution >= 0.6 is 0 Å². The first-order chi connectivity index (χ1) is 10.2. The van der Waals surface area contributed by atoms with E-state index in [0.29, 0.717) is 5.56 Å². The molecule has 0 spiro atoms. The summed E-state index contributed by atoms with van der Waals surface area (Å²) in [6, 6.07) is 9.62. The van der Waals surface area contributed by atoms with Crippen molar-refractivity contribution in [2.45, 2.75) is 25.8 Å². The van der Waals surface area contributed by atoms with Gasteiger partial charge in [0.25, 0.3) is 5.91 Å². The fourth-order valence-electron chi connectivity index (χ4n) is 2.92. The predicted molar refractivity (Wildman–Crippen MR) is 82.8 cm³/mol. The molecule has 108 valence electrons. The van der Waals surface area contributed by atoms with Crippen LogP contribution in [0.15, 0.2) is 42.7 Å². The van der Waals surface area contributed by atoms with Gasteiger partial charge in [-0.3, -0.25) is 9.78 Å². The fraction of sp³-hybridized carbons (Fsp3) is 0.294. The average molecular weight is 281 g/mol. The number of hydrogen-bond donors (Lipinski definition) is 1. The summed E-state index contributed by atoms with van der Waals surface area (Å²) in [5.41, 5.74) is 9.36. The second-order valence-corrected chi connectivity index (χ2v) is 5.51. The minimum absolute atomic E-state index is 0.0809. The quantitative estimate of drug-likeness (QED) is 0.861. The van der Waals surface area contributed by atoms with Crippen LogP contribution in [-0.2, 0) is 0 Å². The minimum Gasteiger partial charge on any atom is -0.399 e. The number of pyridine rings is 1. The van der Waals surface area contributed by atoms with E-state index >= 15 is 0 Å². The SMILES string of the molecule is Cc1cc(C(=O)N2CCCC2c2ccncc2)ccc1N. The van der Waals surface area contributed by atoms with E-state index in [1.165, 1.54) is 0 Å². The van der Waals surface area contributed by atoms with Crippen LogP contribution in [0.2, 0.25) is 0 Å². The van der Waals surface area contributed by atoms with E-state index in [-0.39, 0.29) is 11.9 Å². The molecular weight excluding hydrogens is 262 g/mol. The van der Waals surface area contributed by atoms with E-state index in [4.69, 9.17) is 5.73 Å². The van der Waals surface area contributed by atoms with Gasteiger partial charge in [-0.2, -0.15) is 0 Å². The van der Waals surface area contributed by atoms with E-state index in [1.807, 2.05) is 36.1 Å². The Labute approximate surface area is 124 Å². The molecule has 1 aromatic heterocycles. The number of hydrogen-bond acceptors (Lipinski definition) is 3. The maximum atomic E-state index is 12.8. The van der Waals surface area contributed by atoms with Gasteiger partial charge >= 0.3 is 0 Å². The van der Waals surface area contributed by atoms with E-state index in [9.17, 15) is 4.79 Å². The number of likely N-dealkylation sites (tertiary alicyclic amines) is 1. The summed E-state index contributed by atoms with van der Waals surface area (Å²) < 4.78 is 0. The number of amides is 1. The van der Waals surface area contributed by atoms with Crippen LogP contribution in [0.4, 0.5) is 5.69 Å². The van der Waals surface area contributed by atoms with Crippen LogP contribution in [0.1, 0.15) is 40.4 Å². The Hall–Kier alpha value is -2.36. The number of aromatic nitrogens is 1. The smallest absolute Gasteiger partial charge is 0.254 e. The summed E-state index contributed by atoms with van der Waals surface area (Å²) in [6.45, 7) is 2.73. The molecule has 1 amide bonds. The lowest BCUT2D eigenvalue weighted by molar-refractivity contribution is 0.0735. The number of nitrogens with two attached hydrogens (primary N) is 1. The van der Waals surface area contributed by atoms with Crippen LogP contribution < -0.4 is 5.73 Å². The van der Waals surface area contributed by atoms with Gasteiger partial charge in [0.05, 0.1) is 6.04 Å². The molecule has 0 bridgehead atoms. The zero-order chi connectivity index (χ0) is 14.8. The van der Waals surface area contributed by atoms with Crippen LogP contribution in [-0.4, -0.2) is 22.3 Å². The standard InChI is InChI=1S/C17H19N3O/c1-12-11-14(4-5-15(12)18)17(21)20-10-2-3-16(20)13-6-8-19-9-7-13/h4-9,11,16H,2-3,10,18H2,1H3. The minimum atomic E-state index is 0.0809. The molecule has 2 aromatic rings. The topological polar surface area (TPSA) is 59.2 Å². The van der Waals surface area contributed by atoms with Crippen LogP contribution in [0, 0.1) is 6.92 Å². The third-order valence-corrected chi connectivity index (χ3v) is 4.12. The van der Waals surface area contributed by atoms with Gasteiger partial charge < -0.3 is 10.6 Å². The highest BCUT2D eigenvalue weighted by atomic mass is 16.2. The van der Waals surface area contributed by atoms with Crippen molar-refractivity contribution in [2.24, 2.45) is 0 Å². The van der Waals surface area contributed by atoms with Crippen molar-refractivity contribution in [3.63, 3.8) is 0 Å². The molecule has 1 aromatic carbocycles. The number of benzene rings is 1. The van der Waals surface area contributed by atoms with E-state index in [2.05, 4.69) is 4.98 Å². The summed E-state index contributed by atoms with van der Waals surface area (Å²) in [4.78, 5) is 18.8. The number of anilines is 1. The first kappa shape index (κ1) is 13.6. The lowest BCUT2D eigenvalue weighted by atomic mass is 10.0. The lowest BCUT2D eigenvalue weighted by Crippen LogP contribution is -2.30. The molecule has 3 rings (SSSR count). The molecule has 1 unspecified atom stereocenters. The molecule has 1 saturated heterocycles. The molecule has 21 heavy (non-hydrogen) atoms. The number of aryl methyl sites for hydroxylation is 1. The second-order valence-electron chi connectivity index (χ2n) is 5.51. The first-order valence-electron chi connectivity index (χ1n) is 7.24. The lowest BCUT2D eigenvalue weighted by Gasteiger charge is -2.25. The van der Waals surface area contributed by atoms with E-state index in [1.54, 1.807) is 18.5 Å². The Bertz CT molecular complexity index is 654. The Morgan fingerprint density at radius 3 is 2.76 bits per heavy atom. The van der Waals surface area contributed by atoms with Crippen LogP contribution in [0.25, 0.3) is 0 Å². The van der Waals surface area contributed by atoms with Gasteiger partial charge in [0.1, 0.15) is 0 Å². The van der Waals surface area contributed by atoms with Crippen molar-refractivity contribution in [1.82, 2.24) is 9.88 Å². The fourth-order valence-corrected chi connectivity index (χ4v) is 2.92. The zero-order valence-corrected chi connectivity index (χ0v) is 12.1. The van der Waals surface area contributed by atoms with Gasteiger partial charge in [-0.15, -0.1) is 0 Å². The molecule has 0 radical (unpaired) electrons. The second kappa shape index (κ2) is 5.56. The summed E-state index contributed by atoms with van der Waals surface area (Å²) in [6.07, 6.45) is 5.60. The predicted octanol–water partition coefficient (Wildman–Crippen LogP) is 2.95. The Morgan fingerprint density at radius 2 is 2.05 bits per heavy atom. The van der Waals surface area contributed by atoms with E-state index in [0.717, 1.165) is 36.2 Å². The third kappa shape index (κ3) is 2.61. The monoisotopic (exact) mass is 281 g/mol. The molecule has 1 aliphatic rings. The molecule has 1 atom stereocenters. The maximum absolute atomic E-state index is 12.8. The van der Waals surface area contributed by atoms with Gasteiger partial charge in [0.2, 0.25) is 0 Å². The van der Waals surface area contributed by atoms with Crippen molar-refractivity contribution in [3.8, 4) is 0 Å². The normalized spacial score (nSPS) is 18.0. The highest BCUT2D eigenvalue weighted by Crippen LogP contribution is 2.33. The first-order valence-corrected chi connectivity index (χ1v) is 7.24. The molecule has 1 fully saturated rings. The number of carbonyl (C=O) groups excluding carboxylic acids is 1. The summed E-state index contributed by atoms with van der Waals surface area (Å²) in [7, 11) is 0. The van der Waals surface area contributed by atoms with E-state index < -0.39 is 0 Å². The zero-order valence-electron chi connectivity index (χ0n) is 12.1. The highest BCUT2D eigenvalue weighted by Gasteiger charge is 2.30. The van der Waals surface area contributed by atoms with Crippen molar-refractivity contribution < 1.29 is 4.79 Å². The van der Waals surface area contributed by atoms with Crippen molar-refractivity contribution in [3.05, 3.63) is 59.4 Å². The van der Waals surface area contributed by atoms with Gasteiger partial charge in [-0.1, -0.05) is 0 Å².